The van der Waals surface area contributed by atoms with Gasteiger partial charge in [0.1, 0.15) is 13.1 Å². The van der Waals surface area contributed by atoms with Gasteiger partial charge in [-0.25, -0.2) is 0 Å². The lowest BCUT2D eigenvalue weighted by atomic mass is 9.94. The van der Waals surface area contributed by atoms with Crippen LogP contribution in [0.5, 0.6) is 0 Å². The van der Waals surface area contributed by atoms with Gasteiger partial charge in [-0.2, -0.15) is 0 Å². The highest BCUT2D eigenvalue weighted by Gasteiger charge is 2.39. The van der Waals surface area contributed by atoms with Gasteiger partial charge in [-0.05, 0) is 61.8 Å². The van der Waals surface area contributed by atoms with E-state index >= 15 is 0 Å². The molecule has 1 aliphatic carbocycles. The zero-order chi connectivity index (χ0) is 21.7. The Balaban J connectivity index is 1.56. The lowest BCUT2D eigenvalue weighted by molar-refractivity contribution is -0.956. The molecule has 0 bridgehead atoms. The Hall–Kier alpha value is -1.88. The van der Waals surface area contributed by atoms with Crippen molar-refractivity contribution in [1.82, 2.24) is 0 Å². The number of benzene rings is 2. The minimum atomic E-state index is 0.204. The molecular weight excluding hydrogens is 384 g/mol. The van der Waals surface area contributed by atoms with Crippen molar-refractivity contribution >= 4 is 5.69 Å². The summed E-state index contributed by atoms with van der Waals surface area (Å²) >= 11 is 0. The van der Waals surface area contributed by atoms with E-state index < -0.39 is 0 Å². The molecule has 0 spiro atoms. The SMILES string of the molecule is Cc1ccccc1N(CCC1CCCC[N+]1(CCO)CCO)C1Cc2ccccc2C1. The third-order valence-electron chi connectivity index (χ3n) is 7.85. The Kier molecular flexibility index (Phi) is 7.31. The molecule has 1 fully saturated rings. The van der Waals surface area contributed by atoms with E-state index in [9.17, 15) is 10.2 Å². The summed E-state index contributed by atoms with van der Waals surface area (Å²) in [6.45, 7) is 6.29. The van der Waals surface area contributed by atoms with E-state index in [1.165, 1.54) is 41.6 Å². The van der Waals surface area contributed by atoms with Crippen LogP contribution in [0.1, 0.15) is 42.4 Å². The summed E-state index contributed by atoms with van der Waals surface area (Å²) < 4.78 is 0.888. The zero-order valence-corrected chi connectivity index (χ0v) is 19.0. The molecule has 4 rings (SSSR count). The molecule has 1 unspecified atom stereocenters. The molecule has 2 aromatic carbocycles. The van der Waals surface area contributed by atoms with Crippen LogP contribution in [0, 0.1) is 6.92 Å². The van der Waals surface area contributed by atoms with Gasteiger partial charge in [-0.1, -0.05) is 42.5 Å². The van der Waals surface area contributed by atoms with E-state index in [0.29, 0.717) is 12.1 Å². The number of rotatable bonds is 9. The number of aliphatic hydroxyl groups excluding tert-OH is 2. The predicted octanol–water partition coefficient (Wildman–Crippen LogP) is 3.71. The molecule has 2 aliphatic rings. The number of likely N-dealkylation sites (tertiary alicyclic amines) is 1. The van der Waals surface area contributed by atoms with Gasteiger partial charge in [-0.3, -0.25) is 0 Å². The molecule has 0 saturated carbocycles. The van der Waals surface area contributed by atoms with Crippen LogP contribution in [-0.2, 0) is 12.8 Å². The monoisotopic (exact) mass is 423 g/mol. The van der Waals surface area contributed by atoms with E-state index in [1.807, 2.05) is 0 Å². The van der Waals surface area contributed by atoms with Gasteiger partial charge in [0, 0.05) is 24.7 Å². The number of hydrogen-bond acceptors (Lipinski definition) is 3. The fourth-order valence-corrected chi connectivity index (χ4v) is 6.21. The standard InChI is InChI=1S/C27H39N2O2/c1-22-8-2-5-12-27(22)28(25-20-23-9-3-4-10-24(23)21-25)14-13-26-11-6-7-15-29(26,16-18-30)17-19-31/h2-5,8-10,12,25-26,30-31H,6-7,11,13-21H2,1H3/q+1. The molecule has 1 atom stereocenters. The van der Waals surface area contributed by atoms with Crippen molar-refractivity contribution in [2.45, 2.75) is 57.5 Å². The number of para-hydroxylation sites is 1. The Bertz CT molecular complexity index is 816. The van der Waals surface area contributed by atoms with Crippen molar-refractivity contribution in [1.29, 1.82) is 0 Å². The summed E-state index contributed by atoms with van der Waals surface area (Å²) in [7, 11) is 0. The van der Waals surface area contributed by atoms with Crippen molar-refractivity contribution in [2.24, 2.45) is 0 Å². The third kappa shape index (κ3) is 4.82. The largest absolute Gasteiger partial charge is 0.391 e. The molecular formula is C27H39N2O2+. The Morgan fingerprint density at radius 3 is 2.19 bits per heavy atom. The second kappa shape index (κ2) is 10.2. The van der Waals surface area contributed by atoms with Crippen molar-refractivity contribution in [2.75, 3.05) is 44.3 Å². The molecule has 4 heteroatoms. The maximum Gasteiger partial charge on any atom is 0.102 e. The maximum absolute atomic E-state index is 9.79. The first-order chi connectivity index (χ1) is 15.2. The molecule has 4 nitrogen and oxygen atoms in total. The number of aryl methyl sites for hydroxylation is 1. The van der Waals surface area contributed by atoms with Crippen LogP contribution in [0.25, 0.3) is 0 Å². The molecule has 1 saturated heterocycles. The quantitative estimate of drug-likeness (QED) is 0.604. The van der Waals surface area contributed by atoms with Gasteiger partial charge in [0.25, 0.3) is 0 Å². The normalized spacial score (nSPS) is 20.5. The Labute approximate surface area is 187 Å². The maximum atomic E-state index is 9.79. The molecule has 0 amide bonds. The van der Waals surface area contributed by atoms with Crippen LogP contribution in [0.2, 0.25) is 0 Å². The molecule has 1 aliphatic heterocycles. The van der Waals surface area contributed by atoms with Crippen LogP contribution in [0.15, 0.2) is 48.5 Å². The molecule has 0 radical (unpaired) electrons. The van der Waals surface area contributed by atoms with E-state index in [-0.39, 0.29) is 13.2 Å². The first-order valence-electron chi connectivity index (χ1n) is 12.1. The smallest absolute Gasteiger partial charge is 0.102 e. The molecule has 31 heavy (non-hydrogen) atoms. The first-order valence-corrected chi connectivity index (χ1v) is 12.1. The number of aliphatic hydroxyl groups is 2. The number of anilines is 1. The molecule has 168 valence electrons. The number of piperidine rings is 1. The fourth-order valence-electron chi connectivity index (χ4n) is 6.21. The van der Waals surface area contributed by atoms with E-state index in [2.05, 4.69) is 60.4 Å². The Morgan fingerprint density at radius 1 is 0.903 bits per heavy atom. The lowest BCUT2D eigenvalue weighted by Crippen LogP contribution is -2.61. The minimum Gasteiger partial charge on any atom is -0.391 e. The van der Waals surface area contributed by atoms with Crippen molar-refractivity contribution in [3.8, 4) is 0 Å². The van der Waals surface area contributed by atoms with Gasteiger partial charge in [-0.15, -0.1) is 0 Å². The van der Waals surface area contributed by atoms with Crippen LogP contribution in [0.3, 0.4) is 0 Å². The highest BCUT2D eigenvalue weighted by atomic mass is 16.3. The Morgan fingerprint density at radius 2 is 1.55 bits per heavy atom. The third-order valence-corrected chi connectivity index (χ3v) is 7.85. The average molecular weight is 424 g/mol. The summed E-state index contributed by atoms with van der Waals surface area (Å²) in [6, 6.07) is 18.7. The second-order valence-corrected chi connectivity index (χ2v) is 9.59. The summed E-state index contributed by atoms with van der Waals surface area (Å²) in [4.78, 5) is 2.66. The summed E-state index contributed by atoms with van der Waals surface area (Å²) in [5, 5.41) is 19.6. The average Bonchev–Trinajstić information content (AvgIpc) is 3.20. The molecule has 1 heterocycles. The second-order valence-electron chi connectivity index (χ2n) is 9.59. The number of hydrogen-bond donors (Lipinski definition) is 2. The number of fused-ring (bicyclic) bond motifs is 1. The van der Waals surface area contributed by atoms with Gasteiger partial charge < -0.3 is 19.6 Å². The summed E-state index contributed by atoms with van der Waals surface area (Å²) in [5.74, 6) is 0. The highest BCUT2D eigenvalue weighted by Crippen LogP contribution is 2.33. The van der Waals surface area contributed by atoms with Crippen molar-refractivity contribution < 1.29 is 14.7 Å². The topological polar surface area (TPSA) is 43.7 Å². The van der Waals surface area contributed by atoms with Crippen LogP contribution >= 0.6 is 0 Å². The van der Waals surface area contributed by atoms with E-state index in [4.69, 9.17) is 0 Å². The van der Waals surface area contributed by atoms with Gasteiger partial charge in [0.2, 0.25) is 0 Å². The molecule has 0 aromatic heterocycles. The molecule has 2 N–H and O–H groups in total. The highest BCUT2D eigenvalue weighted by molar-refractivity contribution is 5.55. The summed E-state index contributed by atoms with van der Waals surface area (Å²) in [5.41, 5.74) is 5.69. The van der Waals surface area contributed by atoms with Crippen LogP contribution in [-0.4, -0.2) is 66.2 Å². The van der Waals surface area contributed by atoms with E-state index in [0.717, 1.165) is 49.9 Å². The fraction of sp³-hybridized carbons (Fsp3) is 0.556. The van der Waals surface area contributed by atoms with Crippen molar-refractivity contribution in [3.63, 3.8) is 0 Å². The van der Waals surface area contributed by atoms with Crippen LogP contribution < -0.4 is 4.90 Å². The number of quaternary nitrogens is 1. The number of nitrogens with zero attached hydrogens (tertiary/aromatic N) is 2. The molecule has 2 aromatic rings. The van der Waals surface area contributed by atoms with Gasteiger partial charge >= 0.3 is 0 Å². The predicted molar refractivity (Wildman–Crippen MR) is 127 cm³/mol. The van der Waals surface area contributed by atoms with Gasteiger partial charge in [0.05, 0.1) is 25.8 Å². The minimum absolute atomic E-state index is 0.204. The lowest BCUT2D eigenvalue weighted by Gasteiger charge is -2.48. The first kappa shape index (κ1) is 22.3. The zero-order valence-electron chi connectivity index (χ0n) is 19.0. The van der Waals surface area contributed by atoms with E-state index in [1.54, 1.807) is 0 Å². The summed E-state index contributed by atoms with van der Waals surface area (Å²) in [6.07, 6.45) is 7.01. The van der Waals surface area contributed by atoms with Crippen molar-refractivity contribution in [3.05, 3.63) is 65.2 Å². The van der Waals surface area contributed by atoms with Crippen LogP contribution in [0.4, 0.5) is 5.69 Å². The van der Waals surface area contributed by atoms with Gasteiger partial charge in [0.15, 0.2) is 0 Å².